The van der Waals surface area contributed by atoms with E-state index in [0.717, 1.165) is 0 Å². The molecule has 0 amide bonds. The van der Waals surface area contributed by atoms with Gasteiger partial charge in [0.05, 0.1) is 26.2 Å². The molecule has 0 aromatic heterocycles. The predicted molar refractivity (Wildman–Crippen MR) is 89.8 cm³/mol. The molecule has 0 aromatic rings. The van der Waals surface area contributed by atoms with Crippen LogP contribution in [0.5, 0.6) is 0 Å². The van der Waals surface area contributed by atoms with Crippen LogP contribution >= 0.6 is 0 Å². The Labute approximate surface area is 149 Å². The van der Waals surface area contributed by atoms with E-state index in [2.05, 4.69) is 27.7 Å². The van der Waals surface area contributed by atoms with Gasteiger partial charge in [-0.3, -0.25) is 0 Å². The molecule has 0 spiro atoms. The SMILES string of the molecule is CC[N+](CC)(CC)CC.OB(O)O.OB(O)O.OB(O)O.[O-]B(O)O. The van der Waals surface area contributed by atoms with Crippen LogP contribution in [0.1, 0.15) is 27.7 Å². The number of rotatable bonds is 4. The fourth-order valence-electron chi connectivity index (χ4n) is 1.34. The molecule has 25 heavy (non-hydrogen) atoms. The first-order chi connectivity index (χ1) is 11.2. The Balaban J connectivity index is -0.0000000714. The Morgan fingerprint density at radius 2 is 0.600 bits per heavy atom. The highest BCUT2D eigenvalue weighted by Gasteiger charge is 2.16. The minimum atomic E-state index is -2.42. The molecule has 0 aliphatic heterocycles. The molecule has 11 N–H and O–H groups in total. The monoisotopic (exact) mass is 377 g/mol. The first kappa shape index (κ1) is 35.8. The summed E-state index contributed by atoms with van der Waals surface area (Å²) in [5, 5.41) is 87.2. The fourth-order valence-corrected chi connectivity index (χ4v) is 1.34. The smallest absolute Gasteiger partial charge is 0.631 e. The molecule has 0 heterocycles. The van der Waals surface area contributed by atoms with Crippen LogP contribution in [0, 0.1) is 0 Å². The number of nitrogens with zero attached hydrogens (tertiary/aromatic N) is 1. The van der Waals surface area contributed by atoms with E-state index in [-0.39, 0.29) is 0 Å². The van der Waals surface area contributed by atoms with Gasteiger partial charge < -0.3 is 64.8 Å². The third kappa shape index (κ3) is 81.4. The molecule has 0 fully saturated rings. The zero-order chi connectivity index (χ0) is 21.6. The lowest BCUT2D eigenvalue weighted by molar-refractivity contribution is -0.921. The van der Waals surface area contributed by atoms with E-state index in [0.29, 0.717) is 0 Å². The summed E-state index contributed by atoms with van der Waals surface area (Å²) in [5.74, 6) is 0. The first-order valence-electron chi connectivity index (χ1n) is 7.17. The molecule has 0 aliphatic carbocycles. The van der Waals surface area contributed by atoms with Crippen molar-refractivity contribution in [2.24, 2.45) is 0 Å². The van der Waals surface area contributed by atoms with Crippen molar-refractivity contribution in [2.45, 2.75) is 27.7 Å². The van der Waals surface area contributed by atoms with Crippen molar-refractivity contribution in [1.29, 1.82) is 0 Å². The number of hydrogen-bond donors (Lipinski definition) is 11. The van der Waals surface area contributed by atoms with Gasteiger partial charge in [0.15, 0.2) is 0 Å². The maximum absolute atomic E-state index is 8.64. The molecule has 0 saturated carbocycles. The normalized spacial score (nSPS) is 8.64. The molecule has 0 unspecified atom stereocenters. The summed E-state index contributed by atoms with van der Waals surface area (Å²) >= 11 is 0. The topological polar surface area (TPSA) is 246 Å². The van der Waals surface area contributed by atoms with Crippen molar-refractivity contribution in [3.05, 3.63) is 0 Å². The Bertz CT molecular complexity index is 171. The van der Waals surface area contributed by atoms with E-state index >= 15 is 0 Å². The van der Waals surface area contributed by atoms with Gasteiger partial charge in [0.2, 0.25) is 0 Å². The molecule has 0 aromatic carbocycles. The molecular weight excluding hydrogens is 345 g/mol. The first-order valence-corrected chi connectivity index (χ1v) is 7.17. The molecule has 0 saturated heterocycles. The third-order valence-electron chi connectivity index (χ3n) is 2.68. The van der Waals surface area contributed by atoms with E-state index in [9.17, 15) is 0 Å². The van der Waals surface area contributed by atoms with Crippen LogP contribution in [0.25, 0.3) is 0 Å². The van der Waals surface area contributed by atoms with Crippen molar-refractivity contribution in [3.8, 4) is 0 Å². The standard InChI is InChI=1S/C8H20N.3BH3O3.BH2O3/c1-5-9(6-2,7-3)8-4;4*2-1(3)4/h5-8H2,1-4H3;3*2-4H;2-3H/q+1;;;;-1. The highest BCUT2D eigenvalue weighted by Crippen LogP contribution is 2.03. The van der Waals surface area contributed by atoms with E-state index in [1.165, 1.54) is 30.7 Å². The minimum absolute atomic E-state index is 1.28. The second-order valence-corrected chi connectivity index (χ2v) is 3.97. The summed E-state index contributed by atoms with van der Waals surface area (Å²) < 4.78 is 1.28. The molecular formula is C8H31B4NO12. The van der Waals surface area contributed by atoms with E-state index < -0.39 is 29.3 Å². The second kappa shape index (κ2) is 26.0. The third-order valence-corrected chi connectivity index (χ3v) is 2.68. The Morgan fingerprint density at radius 3 is 0.600 bits per heavy atom. The van der Waals surface area contributed by atoms with Crippen molar-refractivity contribution < 1.29 is 64.8 Å². The largest absolute Gasteiger partial charge is 0.832 e. The summed E-state index contributed by atoms with van der Waals surface area (Å²) in [6.07, 6.45) is 0. The highest BCUT2D eigenvalue weighted by atomic mass is 16.5. The molecule has 0 bridgehead atoms. The van der Waals surface area contributed by atoms with Gasteiger partial charge in [-0.25, -0.2) is 0 Å². The molecule has 13 nitrogen and oxygen atoms in total. The average Bonchev–Trinajstić information content (AvgIpc) is 2.39. The van der Waals surface area contributed by atoms with Crippen molar-refractivity contribution >= 4 is 29.3 Å². The zero-order valence-corrected chi connectivity index (χ0v) is 14.9. The van der Waals surface area contributed by atoms with Crippen LogP contribution < -0.4 is 5.02 Å². The number of quaternary nitrogens is 1. The van der Waals surface area contributed by atoms with Gasteiger partial charge in [0, 0.05) is 0 Å². The predicted octanol–water partition coefficient (Wildman–Crippen LogP) is -6.96. The van der Waals surface area contributed by atoms with E-state index in [1.54, 1.807) is 0 Å². The van der Waals surface area contributed by atoms with E-state index in [1.807, 2.05) is 0 Å². The van der Waals surface area contributed by atoms with Crippen LogP contribution in [-0.4, -0.2) is 115 Å². The summed E-state index contributed by atoms with van der Waals surface area (Å²) in [6.45, 7) is 14.2. The minimum Gasteiger partial charge on any atom is -0.832 e. The average molecular weight is 377 g/mol. The Hall–Kier alpha value is -0.260. The van der Waals surface area contributed by atoms with Crippen LogP contribution in [0.2, 0.25) is 0 Å². The molecule has 0 aliphatic rings. The molecule has 17 heteroatoms. The van der Waals surface area contributed by atoms with Crippen LogP contribution in [0.15, 0.2) is 0 Å². The Morgan fingerprint density at radius 1 is 0.520 bits per heavy atom. The van der Waals surface area contributed by atoms with Gasteiger partial charge >= 0.3 is 29.3 Å². The molecule has 0 atom stereocenters. The van der Waals surface area contributed by atoms with Crippen molar-refractivity contribution in [3.63, 3.8) is 0 Å². The summed E-state index contributed by atoms with van der Waals surface area (Å²) in [5.41, 5.74) is 0. The van der Waals surface area contributed by atoms with Gasteiger partial charge in [-0.05, 0) is 27.7 Å². The highest BCUT2D eigenvalue weighted by molar-refractivity contribution is 6.31. The van der Waals surface area contributed by atoms with Crippen molar-refractivity contribution in [1.82, 2.24) is 0 Å². The number of hydrogen-bond acceptors (Lipinski definition) is 12. The molecule has 152 valence electrons. The molecule has 0 rings (SSSR count). The lowest BCUT2D eigenvalue weighted by Gasteiger charge is -2.34. The maximum atomic E-state index is 8.64. The van der Waals surface area contributed by atoms with Gasteiger partial charge in [0.1, 0.15) is 0 Å². The summed E-state index contributed by atoms with van der Waals surface area (Å²) in [6, 6.07) is 0. The van der Waals surface area contributed by atoms with Crippen molar-refractivity contribution in [2.75, 3.05) is 26.2 Å². The summed E-state index contributed by atoms with van der Waals surface area (Å²) in [7, 11) is -8.92. The van der Waals surface area contributed by atoms with Gasteiger partial charge in [-0.1, -0.05) is 0 Å². The quantitative estimate of drug-likeness (QED) is 0.162. The van der Waals surface area contributed by atoms with Gasteiger partial charge in [0.25, 0.3) is 0 Å². The van der Waals surface area contributed by atoms with Crippen LogP contribution in [0.4, 0.5) is 0 Å². The lowest BCUT2D eigenvalue weighted by Crippen LogP contribution is -2.47. The lowest BCUT2D eigenvalue weighted by atomic mass is 10.3. The Kier molecular flexibility index (Phi) is 37.2. The zero-order valence-electron chi connectivity index (χ0n) is 14.9. The maximum Gasteiger partial charge on any atom is 0.631 e. The molecule has 0 radical (unpaired) electrons. The van der Waals surface area contributed by atoms with Gasteiger partial charge in [-0.15, -0.1) is 0 Å². The van der Waals surface area contributed by atoms with E-state index in [4.69, 9.17) is 60.3 Å². The fraction of sp³-hybridized carbons (Fsp3) is 1.00. The van der Waals surface area contributed by atoms with Gasteiger partial charge in [-0.2, -0.15) is 0 Å². The van der Waals surface area contributed by atoms with Crippen LogP contribution in [0.3, 0.4) is 0 Å². The second-order valence-electron chi connectivity index (χ2n) is 3.97. The summed E-state index contributed by atoms with van der Waals surface area (Å²) in [4.78, 5) is 0. The van der Waals surface area contributed by atoms with Crippen LogP contribution in [-0.2, 0) is 0 Å².